The number of hydrogen-bond donors (Lipinski definition) is 3. The molecule has 132 valence electrons. The van der Waals surface area contributed by atoms with Crippen molar-refractivity contribution in [1.29, 1.82) is 0 Å². The molecule has 0 aromatic heterocycles. The number of rotatable bonds is 5. The molecule has 0 saturated carbocycles. The number of carbonyl (C=O) groups excluding carboxylic acids is 1. The monoisotopic (exact) mass is 367 g/mol. The first-order valence-corrected chi connectivity index (χ1v) is 8.35. The fourth-order valence-electron chi connectivity index (χ4n) is 2.44. The standard InChI is InChI=1S/C20H18ClN3O2/c1-23-20(25)16-12-14(22)8-9-17(16)24-18-11-13(21)7-10-19(18)26-15-5-3-2-4-6-15/h2-12,24H,22H2,1H3,(H,23,25). The normalized spacial score (nSPS) is 10.2. The van der Waals surface area contributed by atoms with E-state index < -0.39 is 0 Å². The fraction of sp³-hybridized carbons (Fsp3) is 0.0500. The third kappa shape index (κ3) is 4.07. The van der Waals surface area contributed by atoms with Gasteiger partial charge < -0.3 is 21.1 Å². The van der Waals surface area contributed by atoms with E-state index in [0.717, 1.165) is 0 Å². The molecule has 0 spiro atoms. The van der Waals surface area contributed by atoms with Crippen LogP contribution in [0.2, 0.25) is 5.02 Å². The molecule has 0 unspecified atom stereocenters. The van der Waals surface area contributed by atoms with Gasteiger partial charge in [0.2, 0.25) is 0 Å². The van der Waals surface area contributed by atoms with E-state index in [1.54, 1.807) is 43.4 Å². The van der Waals surface area contributed by atoms with Gasteiger partial charge in [-0.25, -0.2) is 0 Å². The average Bonchev–Trinajstić information content (AvgIpc) is 2.65. The molecule has 6 heteroatoms. The molecule has 0 aliphatic carbocycles. The minimum atomic E-state index is -0.243. The van der Waals surface area contributed by atoms with Crippen LogP contribution in [0.1, 0.15) is 10.4 Å². The minimum absolute atomic E-state index is 0.243. The van der Waals surface area contributed by atoms with Crippen molar-refractivity contribution < 1.29 is 9.53 Å². The summed E-state index contributed by atoms with van der Waals surface area (Å²) >= 11 is 6.15. The van der Waals surface area contributed by atoms with Crippen molar-refractivity contribution in [2.45, 2.75) is 0 Å². The molecule has 5 nitrogen and oxygen atoms in total. The fourth-order valence-corrected chi connectivity index (χ4v) is 2.61. The van der Waals surface area contributed by atoms with Crippen molar-refractivity contribution in [2.75, 3.05) is 18.1 Å². The van der Waals surface area contributed by atoms with E-state index in [1.807, 2.05) is 30.3 Å². The van der Waals surface area contributed by atoms with Gasteiger partial charge in [-0.1, -0.05) is 29.8 Å². The van der Waals surface area contributed by atoms with Gasteiger partial charge in [-0.2, -0.15) is 0 Å². The summed E-state index contributed by atoms with van der Waals surface area (Å²) < 4.78 is 5.94. The Bertz CT molecular complexity index is 930. The first-order chi connectivity index (χ1) is 12.6. The summed E-state index contributed by atoms with van der Waals surface area (Å²) in [7, 11) is 1.57. The number of anilines is 3. The molecule has 3 aromatic rings. The Kier molecular flexibility index (Phi) is 5.29. The number of halogens is 1. The van der Waals surface area contributed by atoms with Gasteiger partial charge in [-0.05, 0) is 48.5 Å². The second-order valence-electron chi connectivity index (χ2n) is 5.56. The molecule has 3 rings (SSSR count). The van der Waals surface area contributed by atoms with Crippen molar-refractivity contribution in [1.82, 2.24) is 5.32 Å². The van der Waals surface area contributed by atoms with Gasteiger partial charge >= 0.3 is 0 Å². The summed E-state index contributed by atoms with van der Waals surface area (Å²) in [5, 5.41) is 6.37. The molecular formula is C20H18ClN3O2. The van der Waals surface area contributed by atoms with E-state index in [-0.39, 0.29) is 5.91 Å². The van der Waals surface area contributed by atoms with Crippen LogP contribution in [0.5, 0.6) is 11.5 Å². The maximum Gasteiger partial charge on any atom is 0.253 e. The van der Waals surface area contributed by atoms with Crippen LogP contribution in [-0.4, -0.2) is 13.0 Å². The highest BCUT2D eigenvalue weighted by molar-refractivity contribution is 6.31. The minimum Gasteiger partial charge on any atom is -0.455 e. The first-order valence-electron chi connectivity index (χ1n) is 7.98. The Labute approximate surface area is 156 Å². The van der Waals surface area contributed by atoms with Gasteiger partial charge in [0, 0.05) is 17.8 Å². The molecular weight excluding hydrogens is 350 g/mol. The molecule has 0 aliphatic heterocycles. The highest BCUT2D eigenvalue weighted by atomic mass is 35.5. The number of benzene rings is 3. The zero-order valence-corrected chi connectivity index (χ0v) is 14.9. The van der Waals surface area contributed by atoms with Crippen LogP contribution >= 0.6 is 11.6 Å². The van der Waals surface area contributed by atoms with Gasteiger partial charge in [-0.15, -0.1) is 0 Å². The van der Waals surface area contributed by atoms with Crippen molar-refractivity contribution in [2.24, 2.45) is 0 Å². The van der Waals surface area contributed by atoms with Gasteiger partial charge in [0.1, 0.15) is 5.75 Å². The van der Waals surface area contributed by atoms with E-state index >= 15 is 0 Å². The van der Waals surface area contributed by atoms with Crippen molar-refractivity contribution in [3.63, 3.8) is 0 Å². The Balaban J connectivity index is 1.98. The van der Waals surface area contributed by atoms with E-state index in [0.29, 0.717) is 39.1 Å². The molecule has 4 N–H and O–H groups in total. The van der Waals surface area contributed by atoms with E-state index in [9.17, 15) is 4.79 Å². The number of para-hydroxylation sites is 1. The SMILES string of the molecule is CNC(=O)c1cc(N)ccc1Nc1cc(Cl)ccc1Oc1ccccc1. The predicted molar refractivity (Wildman–Crippen MR) is 105 cm³/mol. The lowest BCUT2D eigenvalue weighted by atomic mass is 10.1. The zero-order chi connectivity index (χ0) is 18.5. The summed E-state index contributed by atoms with van der Waals surface area (Å²) in [6, 6.07) is 19.7. The number of carbonyl (C=O) groups is 1. The molecule has 0 bridgehead atoms. The highest BCUT2D eigenvalue weighted by Crippen LogP contribution is 2.35. The summed E-state index contributed by atoms with van der Waals surface area (Å²) in [5.41, 5.74) is 7.98. The van der Waals surface area contributed by atoms with Gasteiger partial charge in [0.15, 0.2) is 5.75 Å². The number of nitrogen functional groups attached to an aromatic ring is 1. The maximum atomic E-state index is 12.2. The van der Waals surface area contributed by atoms with Crippen molar-refractivity contribution in [3.8, 4) is 11.5 Å². The van der Waals surface area contributed by atoms with E-state index in [4.69, 9.17) is 22.1 Å². The molecule has 0 atom stereocenters. The van der Waals surface area contributed by atoms with E-state index in [1.165, 1.54) is 0 Å². The lowest BCUT2D eigenvalue weighted by Gasteiger charge is -2.16. The second kappa shape index (κ2) is 7.80. The van der Waals surface area contributed by atoms with Crippen molar-refractivity contribution in [3.05, 3.63) is 77.3 Å². The van der Waals surface area contributed by atoms with Crippen molar-refractivity contribution >= 4 is 34.6 Å². The Morgan fingerprint density at radius 3 is 2.50 bits per heavy atom. The molecule has 3 aromatic carbocycles. The highest BCUT2D eigenvalue weighted by Gasteiger charge is 2.13. The summed E-state index contributed by atoms with van der Waals surface area (Å²) in [4.78, 5) is 12.2. The number of hydrogen-bond acceptors (Lipinski definition) is 4. The Morgan fingerprint density at radius 2 is 1.77 bits per heavy atom. The topological polar surface area (TPSA) is 76.4 Å². The van der Waals surface area contributed by atoms with Crippen LogP contribution < -0.4 is 21.1 Å². The molecule has 0 saturated heterocycles. The quantitative estimate of drug-likeness (QED) is 0.565. The third-order valence-corrected chi connectivity index (χ3v) is 3.93. The predicted octanol–water partition coefficient (Wildman–Crippen LogP) is 4.82. The summed E-state index contributed by atoms with van der Waals surface area (Å²) in [6.45, 7) is 0. The largest absolute Gasteiger partial charge is 0.455 e. The number of nitrogens with two attached hydrogens (primary N) is 1. The van der Waals surface area contributed by atoms with E-state index in [2.05, 4.69) is 10.6 Å². The average molecular weight is 368 g/mol. The molecule has 0 fully saturated rings. The molecule has 0 radical (unpaired) electrons. The second-order valence-corrected chi connectivity index (χ2v) is 6.00. The van der Waals surface area contributed by atoms with Gasteiger partial charge in [-0.3, -0.25) is 4.79 Å². The van der Waals surface area contributed by atoms with Gasteiger partial charge in [0.25, 0.3) is 5.91 Å². The lowest BCUT2D eigenvalue weighted by Crippen LogP contribution is -2.19. The number of amides is 1. The molecule has 0 aliphatic rings. The third-order valence-electron chi connectivity index (χ3n) is 3.70. The molecule has 1 amide bonds. The lowest BCUT2D eigenvalue weighted by molar-refractivity contribution is 0.0964. The molecule has 0 heterocycles. The number of nitrogens with one attached hydrogen (secondary N) is 2. The summed E-state index contributed by atoms with van der Waals surface area (Å²) in [5.74, 6) is 1.04. The van der Waals surface area contributed by atoms with Crippen LogP contribution in [-0.2, 0) is 0 Å². The Hall–Kier alpha value is -3.18. The zero-order valence-electron chi connectivity index (χ0n) is 14.1. The van der Waals surface area contributed by atoms with Crippen LogP contribution in [0.3, 0.4) is 0 Å². The maximum absolute atomic E-state index is 12.2. The smallest absolute Gasteiger partial charge is 0.253 e. The number of ether oxygens (including phenoxy) is 1. The molecule has 26 heavy (non-hydrogen) atoms. The first kappa shape index (κ1) is 17.6. The van der Waals surface area contributed by atoms with Gasteiger partial charge in [0.05, 0.1) is 16.9 Å². The van der Waals surface area contributed by atoms with Crippen LogP contribution in [0.25, 0.3) is 0 Å². The Morgan fingerprint density at radius 1 is 1.00 bits per heavy atom. The summed E-state index contributed by atoms with van der Waals surface area (Å²) in [6.07, 6.45) is 0. The van der Waals surface area contributed by atoms with Crippen LogP contribution in [0.4, 0.5) is 17.1 Å². The van der Waals surface area contributed by atoms with Crippen LogP contribution in [0, 0.1) is 0 Å². The van der Waals surface area contributed by atoms with Crippen LogP contribution in [0.15, 0.2) is 66.7 Å².